The number of para-hydroxylation sites is 1. The number of aromatic nitrogens is 3. The fourth-order valence-electron chi connectivity index (χ4n) is 7.27. The van der Waals surface area contributed by atoms with E-state index < -0.39 is 39.4 Å². The molecule has 1 N–H and O–H groups in total. The predicted molar refractivity (Wildman–Crippen MR) is 159 cm³/mol. The third-order valence-corrected chi connectivity index (χ3v) is 11.4. The standard InChI is InChI=1S/C31H39N5O5S/c1-4-20(2)23(18-37)36-26-28(39)34(19-35-22-13-8-7-12-21(22)32-33-35)16-11-15-31(26)24(27(36)38)25-29(40)41-17-10-6-5-9-14-30(25,3)42-31/h7-9,11-15,20,23-26,37H,4-6,10,16-19H2,1-3H3/b14-9-/t20-,23-,24-,25+,26?,30-,31-/m0/s1. The van der Waals surface area contributed by atoms with Crippen molar-refractivity contribution < 1.29 is 24.2 Å². The van der Waals surface area contributed by atoms with Gasteiger partial charge in [-0.25, -0.2) is 4.68 Å². The summed E-state index contributed by atoms with van der Waals surface area (Å²) in [6.45, 7) is 6.50. The summed E-state index contributed by atoms with van der Waals surface area (Å²) < 4.78 is 5.71. The lowest BCUT2D eigenvalue weighted by molar-refractivity contribution is -0.155. The Hall–Kier alpha value is -3.18. The van der Waals surface area contributed by atoms with Crippen LogP contribution in [0, 0.1) is 17.8 Å². The summed E-state index contributed by atoms with van der Waals surface area (Å²) in [6.07, 6.45) is 11.3. The van der Waals surface area contributed by atoms with E-state index in [1.165, 1.54) is 11.8 Å². The minimum Gasteiger partial charge on any atom is -0.465 e. The van der Waals surface area contributed by atoms with Gasteiger partial charge in [0.25, 0.3) is 0 Å². The Bertz CT molecular complexity index is 1440. The molecule has 2 saturated heterocycles. The van der Waals surface area contributed by atoms with Crippen LogP contribution in [-0.2, 0) is 25.8 Å². The number of cyclic esters (lactones) is 1. The number of fused-ring (bicyclic) bond motifs is 3. The molecule has 0 bridgehead atoms. The van der Waals surface area contributed by atoms with Crippen LogP contribution in [0.2, 0.25) is 0 Å². The normalized spacial score (nSPS) is 33.5. The number of aliphatic hydroxyl groups is 1. The molecule has 2 fully saturated rings. The van der Waals surface area contributed by atoms with Crippen molar-refractivity contribution in [2.75, 3.05) is 19.8 Å². The number of likely N-dealkylation sites (tertiary alicyclic amines) is 1. The van der Waals surface area contributed by atoms with Gasteiger partial charge >= 0.3 is 5.97 Å². The number of ether oxygens (including phenoxy) is 1. The van der Waals surface area contributed by atoms with Crippen LogP contribution >= 0.6 is 11.8 Å². The number of aliphatic hydroxyl groups excluding tert-OH is 1. The summed E-state index contributed by atoms with van der Waals surface area (Å²) in [5.41, 5.74) is 1.54. The largest absolute Gasteiger partial charge is 0.465 e. The van der Waals surface area contributed by atoms with E-state index in [4.69, 9.17) is 4.74 Å². The van der Waals surface area contributed by atoms with Crippen LogP contribution in [0.3, 0.4) is 0 Å². The molecule has 5 heterocycles. The first-order chi connectivity index (χ1) is 20.3. The van der Waals surface area contributed by atoms with Crippen molar-refractivity contribution >= 4 is 40.6 Å². The molecule has 4 aliphatic heterocycles. The minimum atomic E-state index is -1.01. The van der Waals surface area contributed by atoms with E-state index in [2.05, 4.69) is 22.5 Å². The molecule has 11 heteroatoms. The lowest BCUT2D eigenvalue weighted by Crippen LogP contribution is -2.58. The fourth-order valence-corrected chi connectivity index (χ4v) is 9.41. The van der Waals surface area contributed by atoms with Crippen LogP contribution in [-0.4, -0.2) is 89.0 Å². The van der Waals surface area contributed by atoms with Crippen LogP contribution < -0.4 is 0 Å². The second-order valence-electron chi connectivity index (χ2n) is 12.1. The topological polar surface area (TPSA) is 118 Å². The zero-order chi connectivity index (χ0) is 29.6. The van der Waals surface area contributed by atoms with Crippen molar-refractivity contribution in [3.8, 4) is 0 Å². The number of esters is 1. The van der Waals surface area contributed by atoms with E-state index in [-0.39, 0.29) is 31.0 Å². The van der Waals surface area contributed by atoms with Crippen molar-refractivity contribution in [2.24, 2.45) is 17.8 Å². The van der Waals surface area contributed by atoms with Gasteiger partial charge in [0.2, 0.25) is 11.8 Å². The summed E-state index contributed by atoms with van der Waals surface area (Å²) in [7, 11) is 0. The number of carbonyl (C=O) groups excluding carboxylic acids is 3. The maximum Gasteiger partial charge on any atom is 0.311 e. The molecule has 0 saturated carbocycles. The first-order valence-corrected chi connectivity index (χ1v) is 15.8. The number of hydrogen-bond acceptors (Lipinski definition) is 8. The van der Waals surface area contributed by atoms with Gasteiger partial charge in [-0.1, -0.05) is 61.9 Å². The number of thioether (sulfide) groups is 1. The summed E-state index contributed by atoms with van der Waals surface area (Å²) in [6, 6.07) is 6.10. The highest BCUT2D eigenvalue weighted by atomic mass is 32.2. The highest BCUT2D eigenvalue weighted by Crippen LogP contribution is 2.65. The van der Waals surface area contributed by atoms with Gasteiger partial charge in [-0.15, -0.1) is 16.9 Å². The number of amides is 2. The molecular formula is C31H39N5O5S. The molecule has 10 nitrogen and oxygen atoms in total. The van der Waals surface area contributed by atoms with Gasteiger partial charge in [-0.2, -0.15) is 0 Å². The number of hydrogen-bond donors (Lipinski definition) is 1. The van der Waals surface area contributed by atoms with E-state index in [1.54, 1.807) is 14.5 Å². The summed E-state index contributed by atoms with van der Waals surface area (Å²) in [4.78, 5) is 46.5. The Morgan fingerprint density at radius 2 is 1.93 bits per heavy atom. The fraction of sp³-hybridized carbons (Fsp3) is 0.581. The maximum atomic E-state index is 14.8. The van der Waals surface area contributed by atoms with Crippen LogP contribution in [0.25, 0.3) is 11.0 Å². The minimum absolute atomic E-state index is 0.0603. The Labute approximate surface area is 250 Å². The van der Waals surface area contributed by atoms with Crippen molar-refractivity contribution in [3.05, 3.63) is 48.6 Å². The Kier molecular flexibility index (Phi) is 7.67. The maximum absolute atomic E-state index is 14.8. The van der Waals surface area contributed by atoms with Crippen molar-refractivity contribution in [1.29, 1.82) is 0 Å². The smallest absolute Gasteiger partial charge is 0.311 e. The molecule has 1 aromatic heterocycles. The number of benzene rings is 1. The highest BCUT2D eigenvalue weighted by molar-refractivity contribution is 8.02. The highest BCUT2D eigenvalue weighted by Gasteiger charge is 2.74. The van der Waals surface area contributed by atoms with Crippen molar-refractivity contribution in [1.82, 2.24) is 24.8 Å². The second-order valence-corrected chi connectivity index (χ2v) is 13.9. The first kappa shape index (κ1) is 28.9. The zero-order valence-electron chi connectivity index (χ0n) is 24.4. The van der Waals surface area contributed by atoms with Crippen LogP contribution in [0.4, 0.5) is 0 Å². The van der Waals surface area contributed by atoms with Gasteiger partial charge in [0.05, 0.1) is 41.4 Å². The van der Waals surface area contributed by atoms with Gasteiger partial charge < -0.3 is 19.6 Å². The molecule has 2 amide bonds. The Morgan fingerprint density at radius 1 is 1.12 bits per heavy atom. The lowest BCUT2D eigenvalue weighted by Gasteiger charge is -2.41. The molecule has 1 spiro atoms. The van der Waals surface area contributed by atoms with E-state index >= 15 is 0 Å². The molecule has 2 aromatic rings. The number of rotatable bonds is 6. The molecule has 1 unspecified atom stereocenters. The van der Waals surface area contributed by atoms with Gasteiger partial charge in [0, 0.05) is 11.3 Å². The van der Waals surface area contributed by atoms with Crippen LogP contribution in [0.1, 0.15) is 46.5 Å². The van der Waals surface area contributed by atoms with Gasteiger partial charge in [-0.3, -0.25) is 14.4 Å². The molecular weight excluding hydrogens is 554 g/mol. The molecule has 4 aliphatic rings. The first-order valence-electron chi connectivity index (χ1n) is 15.0. The number of nitrogens with zero attached hydrogens (tertiary/aromatic N) is 5. The summed E-state index contributed by atoms with van der Waals surface area (Å²) >= 11 is 1.52. The molecule has 224 valence electrons. The average Bonchev–Trinajstić information content (AvgIpc) is 3.54. The third-order valence-electron chi connectivity index (χ3n) is 9.59. The van der Waals surface area contributed by atoms with Gasteiger partial charge in [0.1, 0.15) is 18.2 Å². The Balaban J connectivity index is 1.47. The summed E-state index contributed by atoms with van der Waals surface area (Å²) in [5.74, 6) is -2.53. The molecule has 6 rings (SSSR count). The molecule has 1 aromatic carbocycles. The average molecular weight is 594 g/mol. The van der Waals surface area contributed by atoms with E-state index in [0.717, 1.165) is 36.7 Å². The third kappa shape index (κ3) is 4.47. The van der Waals surface area contributed by atoms with Crippen molar-refractivity contribution in [3.63, 3.8) is 0 Å². The van der Waals surface area contributed by atoms with E-state index in [1.807, 2.05) is 57.2 Å². The van der Waals surface area contributed by atoms with E-state index in [9.17, 15) is 19.5 Å². The molecule has 0 radical (unpaired) electrons. The van der Waals surface area contributed by atoms with Crippen LogP contribution in [0.5, 0.6) is 0 Å². The predicted octanol–water partition coefficient (Wildman–Crippen LogP) is 3.17. The summed E-state index contributed by atoms with van der Waals surface area (Å²) in [5, 5.41) is 19.2. The number of allylic oxidation sites excluding steroid dienone is 1. The van der Waals surface area contributed by atoms with Crippen molar-refractivity contribution in [2.45, 2.75) is 74.7 Å². The van der Waals surface area contributed by atoms with Gasteiger partial charge in [0.15, 0.2) is 0 Å². The van der Waals surface area contributed by atoms with Gasteiger partial charge in [-0.05, 0) is 44.2 Å². The Morgan fingerprint density at radius 3 is 2.71 bits per heavy atom. The molecule has 7 atom stereocenters. The molecule has 0 aliphatic carbocycles. The van der Waals surface area contributed by atoms with E-state index in [0.29, 0.717) is 13.2 Å². The quantitative estimate of drug-likeness (QED) is 0.401. The van der Waals surface area contributed by atoms with Crippen LogP contribution in [0.15, 0.2) is 48.6 Å². The number of carbonyl (C=O) groups is 3. The lowest BCUT2D eigenvalue weighted by atomic mass is 9.74. The SMILES string of the molecule is CC[C@H](C)[C@H](CO)N1C(=O)[C@@H]2[C@@H]3C(=O)OCCCC/C=C\[C@]3(C)S[C@@]23C=CCN(Cn2nnc4ccccc42)C(=O)C13. The zero-order valence-corrected chi connectivity index (χ0v) is 25.2. The second kappa shape index (κ2) is 11.1. The molecule has 42 heavy (non-hydrogen) atoms. The monoisotopic (exact) mass is 593 g/mol.